The van der Waals surface area contributed by atoms with Gasteiger partial charge in [0.2, 0.25) is 11.6 Å². The highest BCUT2D eigenvalue weighted by molar-refractivity contribution is 6.22. The molecule has 1 N–H and O–H groups in total. The zero-order chi connectivity index (χ0) is 18.3. The third-order valence-corrected chi connectivity index (χ3v) is 4.55. The molecule has 7 nitrogen and oxygen atoms in total. The first kappa shape index (κ1) is 19.2. The topological polar surface area (TPSA) is 80.5 Å². The van der Waals surface area contributed by atoms with E-state index in [1.54, 1.807) is 18.2 Å². The smallest absolute Gasteiger partial charge is 0.227 e. The number of para-hydroxylation sites is 1. The molecular formula is C19H19AlN3O4. The van der Waals surface area contributed by atoms with Crippen molar-refractivity contribution in [3.63, 3.8) is 0 Å². The Kier molecular flexibility index (Phi) is 5.40. The second kappa shape index (κ2) is 7.59. The van der Waals surface area contributed by atoms with Gasteiger partial charge >= 0.3 is 0 Å². The maximum atomic E-state index is 12.4. The van der Waals surface area contributed by atoms with E-state index in [1.165, 1.54) is 12.1 Å². The van der Waals surface area contributed by atoms with Crippen molar-refractivity contribution in [1.82, 2.24) is 14.7 Å². The molecule has 3 radical (unpaired) electrons. The van der Waals surface area contributed by atoms with Crippen LogP contribution < -0.4 is 0 Å². The molecule has 3 heterocycles. The number of nitrogens with zero attached hydrogens (tertiary/aromatic N) is 3. The Hall–Kier alpha value is -2.56. The summed E-state index contributed by atoms with van der Waals surface area (Å²) in [4.78, 5) is 40.5. The van der Waals surface area contributed by atoms with E-state index in [2.05, 4.69) is 0 Å². The van der Waals surface area contributed by atoms with Gasteiger partial charge in [-0.3, -0.25) is 14.4 Å². The molecule has 27 heavy (non-hydrogen) atoms. The minimum atomic E-state index is 0. The predicted octanol–water partition coefficient (Wildman–Crippen LogP) is 0.00440. The van der Waals surface area contributed by atoms with Crippen LogP contribution in [0.4, 0.5) is 0 Å². The Morgan fingerprint density at radius 3 is 1.89 bits per heavy atom. The molecule has 137 valence electrons. The molecule has 0 unspecified atom stereocenters. The molecule has 3 saturated heterocycles. The van der Waals surface area contributed by atoms with Gasteiger partial charge in [0.05, 0.1) is 11.3 Å². The Morgan fingerprint density at radius 1 is 0.852 bits per heavy atom. The van der Waals surface area contributed by atoms with Crippen LogP contribution in [-0.2, 0) is 9.59 Å². The molecule has 1 aromatic carbocycles. The monoisotopic (exact) mass is 380 g/mol. The molecule has 0 atom stereocenters. The largest absolute Gasteiger partial charge is 0.507 e. The van der Waals surface area contributed by atoms with E-state index in [9.17, 15) is 14.4 Å². The first-order valence-electron chi connectivity index (χ1n) is 8.63. The molecule has 0 aromatic heterocycles. The normalized spacial score (nSPS) is 19.7. The molecule has 4 aliphatic rings. The lowest BCUT2D eigenvalue weighted by molar-refractivity contribution is -0.117. The van der Waals surface area contributed by atoms with Gasteiger partial charge in [0.25, 0.3) is 0 Å². The SMILES string of the molecule is O=C1C=C(N2CC2)C(=O)C(N2CC2)=C1N1CC1.O=Cc1ccccc1O.[Al]. The summed E-state index contributed by atoms with van der Waals surface area (Å²) in [6.07, 6.45) is 2.14. The Morgan fingerprint density at radius 2 is 1.41 bits per heavy atom. The fraction of sp³-hybridized carbons (Fsp3) is 0.316. The molecule has 1 aromatic rings. The maximum absolute atomic E-state index is 12.4. The molecule has 8 heteroatoms. The van der Waals surface area contributed by atoms with E-state index in [0.29, 0.717) is 28.9 Å². The average molecular weight is 380 g/mol. The van der Waals surface area contributed by atoms with Crippen LogP contribution in [-0.4, -0.2) is 94.3 Å². The van der Waals surface area contributed by atoms with Crippen molar-refractivity contribution >= 4 is 35.2 Å². The Labute approximate surface area is 167 Å². The Bertz CT molecular complexity index is 852. The molecule has 1 aliphatic carbocycles. The number of phenolic OH excluding ortho intramolecular Hbond substituents is 1. The van der Waals surface area contributed by atoms with Crippen LogP contribution in [0.3, 0.4) is 0 Å². The van der Waals surface area contributed by atoms with Crippen LogP contribution in [0, 0.1) is 0 Å². The first-order chi connectivity index (χ1) is 12.6. The van der Waals surface area contributed by atoms with Gasteiger partial charge < -0.3 is 19.8 Å². The predicted molar refractivity (Wildman–Crippen MR) is 99.1 cm³/mol. The van der Waals surface area contributed by atoms with E-state index in [1.807, 2.05) is 14.7 Å². The van der Waals surface area contributed by atoms with Gasteiger partial charge in [-0.25, -0.2) is 0 Å². The average Bonchev–Trinajstić information content (AvgIpc) is 3.50. The lowest BCUT2D eigenvalue weighted by atomic mass is 10.0. The number of hydrogen-bond donors (Lipinski definition) is 1. The van der Waals surface area contributed by atoms with Crippen molar-refractivity contribution in [1.29, 1.82) is 0 Å². The summed E-state index contributed by atoms with van der Waals surface area (Å²) < 4.78 is 0. The van der Waals surface area contributed by atoms with Gasteiger partial charge in [-0.1, -0.05) is 12.1 Å². The van der Waals surface area contributed by atoms with Crippen molar-refractivity contribution in [2.45, 2.75) is 0 Å². The van der Waals surface area contributed by atoms with E-state index in [0.717, 1.165) is 39.3 Å². The van der Waals surface area contributed by atoms with Crippen LogP contribution >= 0.6 is 0 Å². The molecule has 5 rings (SSSR count). The summed E-state index contributed by atoms with van der Waals surface area (Å²) in [6.45, 7) is 5.41. The fourth-order valence-electron chi connectivity index (χ4n) is 2.86. The van der Waals surface area contributed by atoms with Crippen LogP contribution in [0.2, 0.25) is 0 Å². The lowest BCUT2D eigenvalue weighted by Crippen LogP contribution is -2.29. The van der Waals surface area contributed by atoms with Crippen LogP contribution in [0.5, 0.6) is 5.75 Å². The molecule has 0 spiro atoms. The van der Waals surface area contributed by atoms with Gasteiger partial charge in [-0.15, -0.1) is 0 Å². The van der Waals surface area contributed by atoms with Gasteiger partial charge in [0.15, 0.2) is 6.29 Å². The zero-order valence-electron chi connectivity index (χ0n) is 14.8. The number of aldehydes is 1. The summed E-state index contributed by atoms with van der Waals surface area (Å²) in [5.74, 6) is 0.0832. The zero-order valence-corrected chi connectivity index (χ0v) is 16.0. The van der Waals surface area contributed by atoms with Gasteiger partial charge in [0, 0.05) is 62.7 Å². The molecule has 0 bridgehead atoms. The summed E-state index contributed by atoms with van der Waals surface area (Å²) in [6, 6.07) is 6.40. The minimum Gasteiger partial charge on any atom is -0.507 e. The van der Waals surface area contributed by atoms with E-state index < -0.39 is 0 Å². The summed E-state index contributed by atoms with van der Waals surface area (Å²) in [5, 5.41) is 8.88. The highest BCUT2D eigenvalue weighted by Crippen LogP contribution is 2.33. The van der Waals surface area contributed by atoms with Crippen molar-refractivity contribution < 1.29 is 19.5 Å². The number of ketones is 2. The standard InChI is InChI=1S/C12H13N3O2.C7H6O2.Al/c16-9-7-8(13-1-2-13)12(17)11(15-5-6-15)10(9)14-3-4-14;8-5-6-3-1-2-4-7(6)9;/h7H,1-6H2;1-5,9H;. The van der Waals surface area contributed by atoms with Gasteiger partial charge in [0.1, 0.15) is 17.1 Å². The second-order valence-electron chi connectivity index (χ2n) is 6.56. The van der Waals surface area contributed by atoms with Gasteiger partial charge in [-0.2, -0.15) is 0 Å². The van der Waals surface area contributed by atoms with Crippen molar-refractivity contribution in [2.75, 3.05) is 39.3 Å². The summed E-state index contributed by atoms with van der Waals surface area (Å²) >= 11 is 0. The quantitative estimate of drug-likeness (QED) is 0.341. The fourth-order valence-corrected chi connectivity index (χ4v) is 2.86. The van der Waals surface area contributed by atoms with Gasteiger partial charge in [-0.05, 0) is 12.1 Å². The van der Waals surface area contributed by atoms with Crippen LogP contribution in [0.25, 0.3) is 0 Å². The maximum Gasteiger partial charge on any atom is 0.227 e. The highest BCUT2D eigenvalue weighted by Gasteiger charge is 2.43. The lowest BCUT2D eigenvalue weighted by Gasteiger charge is -2.21. The van der Waals surface area contributed by atoms with Crippen molar-refractivity contribution in [3.8, 4) is 5.75 Å². The number of rotatable bonds is 4. The molecule has 3 fully saturated rings. The summed E-state index contributed by atoms with van der Waals surface area (Å²) in [7, 11) is 0. The number of aromatic hydroxyl groups is 1. The third kappa shape index (κ3) is 4.07. The number of hydrogen-bond acceptors (Lipinski definition) is 7. The molecule has 0 amide bonds. The highest BCUT2D eigenvalue weighted by atomic mass is 27.0. The van der Waals surface area contributed by atoms with E-state index in [-0.39, 0.29) is 34.7 Å². The Balaban J connectivity index is 0.000000181. The number of benzene rings is 1. The number of allylic oxidation sites excluding steroid dienone is 1. The molecule has 3 aliphatic heterocycles. The minimum absolute atomic E-state index is 0. The number of Topliss-reactive ketones (excluding diaryl/α,β-unsaturated/α-hetero) is 1. The summed E-state index contributed by atoms with van der Waals surface area (Å²) in [5.41, 5.74) is 2.22. The molecule has 0 saturated carbocycles. The van der Waals surface area contributed by atoms with E-state index in [4.69, 9.17) is 5.11 Å². The van der Waals surface area contributed by atoms with Crippen molar-refractivity contribution in [3.05, 3.63) is 53.0 Å². The van der Waals surface area contributed by atoms with Crippen LogP contribution in [0.15, 0.2) is 47.4 Å². The number of phenols is 1. The first-order valence-corrected chi connectivity index (χ1v) is 8.63. The van der Waals surface area contributed by atoms with Crippen LogP contribution in [0.1, 0.15) is 10.4 Å². The third-order valence-electron chi connectivity index (χ3n) is 4.55. The van der Waals surface area contributed by atoms with E-state index >= 15 is 0 Å². The molecular weight excluding hydrogens is 361 g/mol. The van der Waals surface area contributed by atoms with Crippen molar-refractivity contribution in [2.24, 2.45) is 0 Å². The number of carbonyl (C=O) groups excluding carboxylic acids is 3. The second-order valence-corrected chi connectivity index (χ2v) is 6.56. The number of carbonyl (C=O) groups is 3.